The van der Waals surface area contributed by atoms with Gasteiger partial charge in [-0.05, 0) is 61.8 Å². The number of fused-ring (bicyclic) bond motifs is 1. The van der Waals surface area contributed by atoms with Gasteiger partial charge >= 0.3 is 0 Å². The van der Waals surface area contributed by atoms with E-state index in [1.165, 1.54) is 12.8 Å². The first-order valence-corrected chi connectivity index (χ1v) is 12.0. The number of piperidine rings is 1. The Morgan fingerprint density at radius 3 is 2.69 bits per heavy atom. The number of aromatic hydroxyl groups is 1. The van der Waals surface area contributed by atoms with Crippen LogP contribution in [0.15, 0.2) is 42.5 Å². The molecular formula is C27H31NO4. The molecule has 6 rings (SSSR count). The largest absolute Gasteiger partial charge is 0.504 e. The van der Waals surface area contributed by atoms with Crippen LogP contribution >= 0.6 is 0 Å². The molecule has 0 unspecified atom stereocenters. The smallest absolute Gasteiger partial charge is 0.161 e. The van der Waals surface area contributed by atoms with Crippen molar-refractivity contribution < 1.29 is 19.7 Å². The molecule has 3 fully saturated rings. The zero-order valence-corrected chi connectivity index (χ0v) is 18.4. The van der Waals surface area contributed by atoms with Crippen molar-refractivity contribution in [2.24, 2.45) is 5.92 Å². The molecule has 168 valence electrons. The fourth-order valence-corrected chi connectivity index (χ4v) is 6.69. The SMILES string of the molecule is O=C1CC[C@@]2(O)[C@H]3Cc4ccc(OCc5ccccc5)c(O)c4[C@@]2(CCN3CC2CC2)C1. The maximum Gasteiger partial charge on any atom is 0.161 e. The second-order valence-corrected chi connectivity index (χ2v) is 10.4. The fraction of sp³-hybridized carbons (Fsp3) is 0.519. The number of aliphatic hydroxyl groups is 1. The Morgan fingerprint density at radius 2 is 1.91 bits per heavy atom. The van der Waals surface area contributed by atoms with Gasteiger partial charge in [0, 0.05) is 36.4 Å². The van der Waals surface area contributed by atoms with E-state index in [9.17, 15) is 15.0 Å². The molecule has 2 bridgehead atoms. The van der Waals surface area contributed by atoms with Crippen LogP contribution in [0.2, 0.25) is 0 Å². The highest BCUT2D eigenvalue weighted by molar-refractivity contribution is 5.83. The summed E-state index contributed by atoms with van der Waals surface area (Å²) < 4.78 is 6.02. The number of rotatable bonds is 5. The summed E-state index contributed by atoms with van der Waals surface area (Å²) in [7, 11) is 0. The molecule has 2 aromatic rings. The number of hydrogen-bond acceptors (Lipinski definition) is 5. The first-order chi connectivity index (χ1) is 15.5. The first kappa shape index (κ1) is 20.3. The third-order valence-corrected chi connectivity index (χ3v) is 8.48. The summed E-state index contributed by atoms with van der Waals surface area (Å²) in [6.07, 6.45) is 5.18. The number of hydrogen-bond donors (Lipinski definition) is 2. The molecule has 0 spiro atoms. The number of carbonyl (C=O) groups excluding carboxylic acids is 1. The molecule has 5 heteroatoms. The van der Waals surface area contributed by atoms with Gasteiger partial charge in [0.2, 0.25) is 0 Å². The number of ether oxygens (including phenoxy) is 1. The number of carbonyl (C=O) groups is 1. The van der Waals surface area contributed by atoms with Gasteiger partial charge in [-0.2, -0.15) is 0 Å². The number of phenols is 1. The number of ketones is 1. The number of Topliss-reactive ketones (excluding diaryl/α,β-unsaturated/α-hetero) is 1. The van der Waals surface area contributed by atoms with E-state index in [1.807, 2.05) is 42.5 Å². The van der Waals surface area contributed by atoms with Gasteiger partial charge < -0.3 is 14.9 Å². The molecule has 0 aromatic heterocycles. The van der Waals surface area contributed by atoms with Crippen LogP contribution in [-0.4, -0.2) is 45.6 Å². The lowest BCUT2D eigenvalue weighted by molar-refractivity contribution is -0.173. The molecule has 32 heavy (non-hydrogen) atoms. The number of likely N-dealkylation sites (tertiary alicyclic amines) is 1. The van der Waals surface area contributed by atoms with Crippen LogP contribution in [-0.2, 0) is 23.2 Å². The quantitative estimate of drug-likeness (QED) is 0.752. The molecule has 3 aliphatic carbocycles. The van der Waals surface area contributed by atoms with E-state index in [0.717, 1.165) is 35.7 Å². The summed E-state index contributed by atoms with van der Waals surface area (Å²) in [5, 5.41) is 23.6. The lowest BCUT2D eigenvalue weighted by Crippen LogP contribution is -2.73. The van der Waals surface area contributed by atoms with Crippen LogP contribution in [0.3, 0.4) is 0 Å². The predicted molar refractivity (Wildman–Crippen MR) is 121 cm³/mol. The minimum Gasteiger partial charge on any atom is -0.504 e. The third-order valence-electron chi connectivity index (χ3n) is 8.48. The molecule has 2 aromatic carbocycles. The number of benzene rings is 2. The number of phenolic OH excluding ortho intramolecular Hbond substituents is 1. The van der Waals surface area contributed by atoms with Crippen molar-refractivity contribution in [1.82, 2.24) is 4.90 Å². The molecule has 4 aliphatic rings. The molecule has 0 radical (unpaired) electrons. The normalized spacial score (nSPS) is 31.7. The molecular weight excluding hydrogens is 402 g/mol. The fourth-order valence-electron chi connectivity index (χ4n) is 6.69. The summed E-state index contributed by atoms with van der Waals surface area (Å²) in [5.41, 5.74) is 1.13. The minimum absolute atomic E-state index is 0.00735. The van der Waals surface area contributed by atoms with E-state index in [2.05, 4.69) is 4.90 Å². The molecule has 1 saturated heterocycles. The molecule has 3 atom stereocenters. The number of nitrogens with zero attached hydrogens (tertiary/aromatic N) is 1. The van der Waals surface area contributed by atoms with Crippen LogP contribution < -0.4 is 4.74 Å². The third kappa shape index (κ3) is 3.01. The van der Waals surface area contributed by atoms with Gasteiger partial charge in [-0.25, -0.2) is 0 Å². The van der Waals surface area contributed by atoms with Crippen LogP contribution in [0.4, 0.5) is 0 Å². The molecule has 1 aliphatic heterocycles. The van der Waals surface area contributed by atoms with E-state index >= 15 is 0 Å². The highest BCUT2D eigenvalue weighted by atomic mass is 16.5. The lowest BCUT2D eigenvalue weighted by atomic mass is 9.49. The van der Waals surface area contributed by atoms with Crippen molar-refractivity contribution in [2.75, 3.05) is 13.1 Å². The van der Waals surface area contributed by atoms with Crippen LogP contribution in [0, 0.1) is 5.92 Å². The van der Waals surface area contributed by atoms with E-state index in [4.69, 9.17) is 4.74 Å². The highest BCUT2D eigenvalue weighted by Gasteiger charge is 2.65. The minimum atomic E-state index is -0.990. The van der Waals surface area contributed by atoms with Crippen molar-refractivity contribution >= 4 is 5.78 Å². The summed E-state index contributed by atoms with van der Waals surface area (Å²) >= 11 is 0. The highest BCUT2D eigenvalue weighted by Crippen LogP contribution is 2.60. The first-order valence-electron chi connectivity index (χ1n) is 12.0. The zero-order chi connectivity index (χ0) is 21.9. The topological polar surface area (TPSA) is 70.0 Å². The Labute approximate surface area is 189 Å². The maximum absolute atomic E-state index is 12.7. The van der Waals surface area contributed by atoms with Crippen LogP contribution in [0.25, 0.3) is 0 Å². The molecule has 0 amide bonds. The molecule has 1 heterocycles. The molecule has 2 saturated carbocycles. The van der Waals surface area contributed by atoms with Gasteiger partial charge in [-0.1, -0.05) is 36.4 Å². The van der Waals surface area contributed by atoms with Crippen molar-refractivity contribution in [3.63, 3.8) is 0 Å². The Kier molecular flexibility index (Phi) is 4.63. The zero-order valence-electron chi connectivity index (χ0n) is 18.4. The van der Waals surface area contributed by atoms with Gasteiger partial charge in [0.15, 0.2) is 11.5 Å². The Balaban J connectivity index is 1.40. The monoisotopic (exact) mass is 433 g/mol. The predicted octanol–water partition coefficient (Wildman–Crippen LogP) is 3.73. The average molecular weight is 434 g/mol. The summed E-state index contributed by atoms with van der Waals surface area (Å²) in [6.45, 7) is 2.27. The average Bonchev–Trinajstić information content (AvgIpc) is 3.60. The maximum atomic E-state index is 12.7. The second kappa shape index (κ2) is 7.32. The van der Waals surface area contributed by atoms with Crippen molar-refractivity contribution in [3.05, 3.63) is 59.2 Å². The Morgan fingerprint density at radius 1 is 1.09 bits per heavy atom. The summed E-state index contributed by atoms with van der Waals surface area (Å²) in [4.78, 5) is 15.2. The molecule has 5 nitrogen and oxygen atoms in total. The van der Waals surface area contributed by atoms with Crippen molar-refractivity contribution in [3.8, 4) is 11.5 Å². The summed E-state index contributed by atoms with van der Waals surface area (Å²) in [6, 6.07) is 13.8. The van der Waals surface area contributed by atoms with E-state index in [-0.39, 0.29) is 17.6 Å². The second-order valence-electron chi connectivity index (χ2n) is 10.4. The van der Waals surface area contributed by atoms with E-state index in [1.54, 1.807) is 0 Å². The van der Waals surface area contributed by atoms with Crippen molar-refractivity contribution in [1.29, 1.82) is 0 Å². The van der Waals surface area contributed by atoms with Crippen LogP contribution in [0.5, 0.6) is 11.5 Å². The standard InChI is InChI=1S/C27H31NO4/c29-21-10-11-27(31)23-14-20-8-9-22(32-17-19-4-2-1-3-5-19)25(30)24(20)26(27,15-21)12-13-28(23)16-18-6-7-18/h1-5,8-9,18,23,30-31H,6-7,10-17H2/t23-,26-,27-/m1/s1. The lowest BCUT2D eigenvalue weighted by Gasteiger charge is -2.63. The Bertz CT molecular complexity index is 1050. The van der Waals surface area contributed by atoms with Crippen molar-refractivity contribution in [2.45, 2.75) is 68.6 Å². The van der Waals surface area contributed by atoms with E-state index in [0.29, 0.717) is 44.5 Å². The molecule has 2 N–H and O–H groups in total. The van der Waals surface area contributed by atoms with Gasteiger partial charge in [0.05, 0.1) is 5.60 Å². The van der Waals surface area contributed by atoms with Gasteiger partial charge in [0.1, 0.15) is 12.4 Å². The van der Waals surface area contributed by atoms with Gasteiger partial charge in [-0.3, -0.25) is 9.69 Å². The Hall–Kier alpha value is -2.37. The summed E-state index contributed by atoms with van der Waals surface area (Å²) in [5.74, 6) is 1.48. The van der Waals surface area contributed by atoms with Gasteiger partial charge in [0.25, 0.3) is 0 Å². The van der Waals surface area contributed by atoms with E-state index < -0.39 is 11.0 Å². The van der Waals surface area contributed by atoms with Crippen LogP contribution in [0.1, 0.15) is 55.2 Å². The van der Waals surface area contributed by atoms with Gasteiger partial charge in [-0.15, -0.1) is 0 Å².